The highest BCUT2D eigenvalue weighted by atomic mass is 16.5. The van der Waals surface area contributed by atoms with Gasteiger partial charge in [0.2, 0.25) is 0 Å². The third-order valence-corrected chi connectivity index (χ3v) is 4.66. The standard InChI is InChI=1S/C20H23NO3/c1-4-14-5-6-15-9-10-21(18(15)11-14)13-17-8-7-16(20(22)24-3)12-19(17)23-2/h5-12,15,18H,4,13H2,1-3H3. The van der Waals surface area contributed by atoms with Crippen LogP contribution in [-0.2, 0) is 11.3 Å². The van der Waals surface area contributed by atoms with E-state index in [4.69, 9.17) is 9.47 Å². The van der Waals surface area contributed by atoms with Crippen molar-refractivity contribution < 1.29 is 14.3 Å². The second kappa shape index (κ2) is 6.95. The number of esters is 1. The smallest absolute Gasteiger partial charge is 0.337 e. The molecule has 126 valence electrons. The molecule has 0 fully saturated rings. The Hall–Kier alpha value is -2.49. The molecule has 0 amide bonds. The Morgan fingerprint density at radius 2 is 2.08 bits per heavy atom. The van der Waals surface area contributed by atoms with Crippen LogP contribution < -0.4 is 4.74 Å². The molecule has 1 heterocycles. The average molecular weight is 325 g/mol. The number of hydrogen-bond acceptors (Lipinski definition) is 4. The summed E-state index contributed by atoms with van der Waals surface area (Å²) in [6.45, 7) is 2.92. The second-order valence-electron chi connectivity index (χ2n) is 6.05. The molecule has 2 aliphatic rings. The van der Waals surface area contributed by atoms with Crippen molar-refractivity contribution in [3.05, 3.63) is 65.4 Å². The summed E-state index contributed by atoms with van der Waals surface area (Å²) >= 11 is 0. The molecular weight excluding hydrogens is 302 g/mol. The van der Waals surface area contributed by atoms with Crippen molar-refractivity contribution >= 4 is 5.97 Å². The highest BCUT2D eigenvalue weighted by Crippen LogP contribution is 2.32. The maximum Gasteiger partial charge on any atom is 0.337 e. The largest absolute Gasteiger partial charge is 0.496 e. The van der Waals surface area contributed by atoms with Crippen molar-refractivity contribution in [2.75, 3.05) is 14.2 Å². The lowest BCUT2D eigenvalue weighted by atomic mass is 9.92. The fourth-order valence-corrected chi connectivity index (χ4v) is 3.25. The third kappa shape index (κ3) is 3.09. The number of hydrogen-bond donors (Lipinski definition) is 0. The van der Waals surface area contributed by atoms with Crippen molar-refractivity contribution in [3.8, 4) is 5.75 Å². The molecule has 0 spiro atoms. The quantitative estimate of drug-likeness (QED) is 0.774. The predicted octanol–water partition coefficient (Wildman–Crippen LogP) is 3.70. The van der Waals surface area contributed by atoms with E-state index in [9.17, 15) is 4.79 Å². The molecule has 1 aromatic rings. The van der Waals surface area contributed by atoms with E-state index >= 15 is 0 Å². The van der Waals surface area contributed by atoms with Crippen LogP contribution in [-0.4, -0.2) is 31.1 Å². The number of nitrogens with zero attached hydrogens (tertiary/aromatic N) is 1. The molecule has 0 saturated carbocycles. The Morgan fingerprint density at radius 3 is 2.79 bits per heavy atom. The van der Waals surface area contributed by atoms with Gasteiger partial charge in [-0.15, -0.1) is 0 Å². The van der Waals surface area contributed by atoms with Gasteiger partial charge in [0.1, 0.15) is 5.75 Å². The normalized spacial score (nSPS) is 21.5. The molecule has 0 bridgehead atoms. The lowest BCUT2D eigenvalue weighted by Gasteiger charge is -2.29. The summed E-state index contributed by atoms with van der Waals surface area (Å²) in [4.78, 5) is 14.0. The number of rotatable bonds is 5. The van der Waals surface area contributed by atoms with E-state index < -0.39 is 0 Å². The number of fused-ring (bicyclic) bond motifs is 1. The first kappa shape index (κ1) is 16.4. The molecule has 0 radical (unpaired) electrons. The lowest BCUT2D eigenvalue weighted by Crippen LogP contribution is -2.30. The van der Waals surface area contributed by atoms with E-state index in [0.29, 0.717) is 23.3 Å². The van der Waals surface area contributed by atoms with Gasteiger partial charge in [0.25, 0.3) is 0 Å². The minimum absolute atomic E-state index is 0.353. The van der Waals surface area contributed by atoms with Gasteiger partial charge < -0.3 is 14.4 Å². The van der Waals surface area contributed by atoms with E-state index in [1.165, 1.54) is 12.7 Å². The summed E-state index contributed by atoms with van der Waals surface area (Å²) in [5, 5.41) is 0. The molecule has 4 nitrogen and oxygen atoms in total. The molecule has 0 saturated heterocycles. The Labute approximate surface area is 143 Å². The van der Waals surface area contributed by atoms with E-state index in [-0.39, 0.29) is 5.97 Å². The van der Waals surface area contributed by atoms with E-state index in [1.807, 2.05) is 6.07 Å². The van der Waals surface area contributed by atoms with Crippen LogP contribution in [0.2, 0.25) is 0 Å². The van der Waals surface area contributed by atoms with E-state index in [0.717, 1.165) is 18.5 Å². The molecular formula is C20H23NO3. The lowest BCUT2D eigenvalue weighted by molar-refractivity contribution is 0.0600. The van der Waals surface area contributed by atoms with E-state index in [1.54, 1.807) is 19.2 Å². The summed E-state index contributed by atoms with van der Waals surface area (Å²) in [5.74, 6) is 0.787. The maximum absolute atomic E-state index is 11.7. The predicted molar refractivity (Wildman–Crippen MR) is 93.8 cm³/mol. The highest BCUT2D eigenvalue weighted by molar-refractivity contribution is 5.89. The van der Waals surface area contributed by atoms with Crippen molar-refractivity contribution in [1.82, 2.24) is 4.90 Å². The van der Waals surface area contributed by atoms with Gasteiger partial charge in [-0.3, -0.25) is 0 Å². The molecule has 1 aliphatic heterocycles. The summed E-state index contributed by atoms with van der Waals surface area (Å²) < 4.78 is 10.3. The van der Waals surface area contributed by atoms with Gasteiger partial charge in [0, 0.05) is 18.0 Å². The first-order valence-electron chi connectivity index (χ1n) is 8.24. The Balaban J connectivity index is 1.81. The number of carbonyl (C=O) groups is 1. The van der Waals surface area contributed by atoms with Crippen LogP contribution in [0.15, 0.2) is 54.3 Å². The zero-order chi connectivity index (χ0) is 17.1. The zero-order valence-electron chi connectivity index (χ0n) is 14.4. The molecule has 4 heteroatoms. The minimum atomic E-state index is -0.353. The Bertz CT molecular complexity index is 718. The average Bonchev–Trinajstić information content (AvgIpc) is 3.03. The number of benzene rings is 1. The molecule has 0 aromatic heterocycles. The van der Waals surface area contributed by atoms with Crippen LogP contribution in [0.5, 0.6) is 5.75 Å². The van der Waals surface area contributed by atoms with Crippen LogP contribution in [0.25, 0.3) is 0 Å². The van der Waals surface area contributed by atoms with Gasteiger partial charge in [-0.25, -0.2) is 4.79 Å². The Morgan fingerprint density at radius 1 is 1.25 bits per heavy atom. The van der Waals surface area contributed by atoms with Crippen LogP contribution >= 0.6 is 0 Å². The van der Waals surface area contributed by atoms with Crippen molar-refractivity contribution in [1.29, 1.82) is 0 Å². The first-order chi connectivity index (χ1) is 11.7. The van der Waals surface area contributed by atoms with Gasteiger partial charge in [-0.2, -0.15) is 0 Å². The van der Waals surface area contributed by atoms with Crippen LogP contribution in [0.3, 0.4) is 0 Å². The number of ether oxygens (including phenoxy) is 2. The molecule has 1 aromatic carbocycles. The summed E-state index contributed by atoms with van der Waals surface area (Å²) in [6.07, 6.45) is 12.3. The molecule has 3 rings (SSSR count). The fourth-order valence-electron chi connectivity index (χ4n) is 3.25. The van der Waals surface area contributed by atoms with E-state index in [2.05, 4.69) is 42.3 Å². The first-order valence-corrected chi connectivity index (χ1v) is 8.24. The fraction of sp³-hybridized carbons (Fsp3) is 0.350. The molecule has 2 unspecified atom stereocenters. The monoisotopic (exact) mass is 325 g/mol. The molecule has 0 N–H and O–H groups in total. The van der Waals surface area contributed by atoms with Crippen molar-refractivity contribution in [2.24, 2.45) is 5.92 Å². The van der Waals surface area contributed by atoms with Gasteiger partial charge in [-0.05, 0) is 24.8 Å². The summed E-state index contributed by atoms with van der Waals surface area (Å²) in [6, 6.07) is 5.83. The number of methoxy groups -OCH3 is 2. The second-order valence-corrected chi connectivity index (χ2v) is 6.05. The Kier molecular flexibility index (Phi) is 4.74. The molecule has 2 atom stereocenters. The topological polar surface area (TPSA) is 38.8 Å². The maximum atomic E-state index is 11.7. The summed E-state index contributed by atoms with van der Waals surface area (Å²) in [5.41, 5.74) is 2.93. The SMILES string of the molecule is CCC1=CC2C(C=C1)C=CN2Cc1ccc(C(=O)OC)cc1OC. The highest BCUT2D eigenvalue weighted by Gasteiger charge is 2.28. The van der Waals surface area contributed by atoms with Crippen LogP contribution in [0, 0.1) is 5.92 Å². The number of allylic oxidation sites excluding steroid dienone is 2. The molecule has 24 heavy (non-hydrogen) atoms. The van der Waals surface area contributed by atoms with Crippen molar-refractivity contribution in [2.45, 2.75) is 25.9 Å². The minimum Gasteiger partial charge on any atom is -0.496 e. The zero-order valence-corrected chi connectivity index (χ0v) is 14.4. The van der Waals surface area contributed by atoms with Crippen LogP contribution in [0.4, 0.5) is 0 Å². The third-order valence-electron chi connectivity index (χ3n) is 4.66. The van der Waals surface area contributed by atoms with Gasteiger partial charge in [0.05, 0.1) is 25.8 Å². The summed E-state index contributed by atoms with van der Waals surface area (Å²) in [7, 11) is 3.01. The van der Waals surface area contributed by atoms with Gasteiger partial charge in [-0.1, -0.05) is 42.9 Å². The number of carbonyl (C=O) groups excluding carboxylic acids is 1. The molecule has 1 aliphatic carbocycles. The van der Waals surface area contributed by atoms with Crippen LogP contribution in [0.1, 0.15) is 29.3 Å². The van der Waals surface area contributed by atoms with Crippen molar-refractivity contribution in [3.63, 3.8) is 0 Å². The van der Waals surface area contributed by atoms with Gasteiger partial charge >= 0.3 is 5.97 Å². The van der Waals surface area contributed by atoms with Gasteiger partial charge in [0.15, 0.2) is 0 Å².